The van der Waals surface area contributed by atoms with Crippen LogP contribution in [-0.2, 0) is 4.79 Å². The van der Waals surface area contributed by atoms with Gasteiger partial charge in [0, 0.05) is 60.7 Å². The molecule has 1 unspecified atom stereocenters. The average Bonchev–Trinajstić information content (AvgIpc) is 3.52. The number of nitrogens with zero attached hydrogens (tertiary/aromatic N) is 5. The molecule has 0 saturated heterocycles. The van der Waals surface area contributed by atoms with Crippen molar-refractivity contribution in [2.75, 3.05) is 24.6 Å². The monoisotopic (exact) mass is 439 g/mol. The molecule has 1 aliphatic carbocycles. The Labute approximate surface area is 192 Å². The van der Waals surface area contributed by atoms with E-state index < -0.39 is 0 Å². The summed E-state index contributed by atoms with van der Waals surface area (Å²) >= 11 is 0. The quantitative estimate of drug-likeness (QED) is 0.608. The molecule has 4 heterocycles. The molecule has 0 aromatic carbocycles. The van der Waals surface area contributed by atoms with Gasteiger partial charge in [0.05, 0.1) is 0 Å². The predicted molar refractivity (Wildman–Crippen MR) is 128 cm³/mol. The first kappa shape index (κ1) is 20.9. The van der Waals surface area contributed by atoms with Crippen LogP contribution in [0, 0.1) is 36.0 Å². The smallest absolute Gasteiger partial charge is 0.228 e. The van der Waals surface area contributed by atoms with Gasteiger partial charge in [0.15, 0.2) is 0 Å². The van der Waals surface area contributed by atoms with Crippen LogP contribution in [0.1, 0.15) is 30.2 Å². The van der Waals surface area contributed by atoms with Gasteiger partial charge in [-0.1, -0.05) is 12.8 Å². The molecule has 0 bridgehead atoms. The molecule has 3 atom stereocenters. The van der Waals surface area contributed by atoms with Gasteiger partial charge in [0.25, 0.3) is 0 Å². The summed E-state index contributed by atoms with van der Waals surface area (Å²) in [5.41, 5.74) is 8.51. The van der Waals surface area contributed by atoms with Gasteiger partial charge in [0.1, 0.15) is 17.3 Å². The number of anilines is 2. The summed E-state index contributed by atoms with van der Waals surface area (Å²) in [4.78, 5) is 25.7. The van der Waals surface area contributed by atoms with E-state index in [1.807, 2.05) is 43.4 Å². The zero-order chi connectivity index (χ0) is 23.2. The van der Waals surface area contributed by atoms with E-state index in [1.54, 1.807) is 18.6 Å². The number of hydrogen-bond acceptors (Lipinski definition) is 7. The maximum absolute atomic E-state index is 12.9. The lowest BCUT2D eigenvalue weighted by molar-refractivity contribution is -0.117. The summed E-state index contributed by atoms with van der Waals surface area (Å²) in [6, 6.07) is 5.58. The number of nitrogen functional groups attached to an aromatic ring is 1. The summed E-state index contributed by atoms with van der Waals surface area (Å²) in [7, 11) is 1.95. The third-order valence-corrected chi connectivity index (χ3v) is 6.45. The second kappa shape index (κ2) is 7.85. The fourth-order valence-electron chi connectivity index (χ4n) is 4.48. The molecule has 5 rings (SSSR count). The van der Waals surface area contributed by atoms with Gasteiger partial charge in [-0.25, -0.2) is 9.97 Å². The minimum atomic E-state index is -0.0616. The molecule has 1 fully saturated rings. The van der Waals surface area contributed by atoms with Gasteiger partial charge in [-0.2, -0.15) is 5.10 Å². The number of nitrogens with one attached hydrogen (secondary N) is 1. The Morgan fingerprint density at radius 1 is 1.30 bits per heavy atom. The van der Waals surface area contributed by atoms with E-state index in [1.165, 1.54) is 0 Å². The van der Waals surface area contributed by atoms with Crippen LogP contribution in [0.4, 0.5) is 11.6 Å². The summed E-state index contributed by atoms with van der Waals surface area (Å²) in [6.07, 6.45) is 7.94. The minimum Gasteiger partial charge on any atom is -0.383 e. The number of fused-ring (bicyclic) bond motifs is 1. The van der Waals surface area contributed by atoms with Crippen molar-refractivity contribution in [1.29, 1.82) is 0 Å². The number of carbonyl (C=O) groups is 1. The Balaban J connectivity index is 1.35. The zero-order valence-corrected chi connectivity index (χ0v) is 18.8. The first-order valence-electron chi connectivity index (χ1n) is 10.9. The van der Waals surface area contributed by atoms with Crippen molar-refractivity contribution >= 4 is 34.5 Å². The van der Waals surface area contributed by atoms with Gasteiger partial charge in [0.2, 0.25) is 5.91 Å². The number of hydrogen-bond donors (Lipinski definition) is 2. The van der Waals surface area contributed by atoms with Crippen LogP contribution in [-0.4, -0.2) is 45.7 Å². The lowest BCUT2D eigenvalue weighted by Crippen LogP contribution is -2.29. The number of rotatable bonds is 3. The van der Waals surface area contributed by atoms with Gasteiger partial charge < -0.3 is 11.1 Å². The van der Waals surface area contributed by atoms with E-state index in [0.29, 0.717) is 23.2 Å². The summed E-state index contributed by atoms with van der Waals surface area (Å²) in [6.45, 7) is 4.99. The molecule has 0 spiro atoms. The van der Waals surface area contributed by atoms with Crippen LogP contribution in [0.3, 0.4) is 0 Å². The third-order valence-electron chi connectivity index (χ3n) is 6.45. The second-order valence-corrected chi connectivity index (χ2v) is 9.13. The largest absolute Gasteiger partial charge is 0.383 e. The van der Waals surface area contributed by atoms with E-state index in [9.17, 15) is 4.79 Å². The highest BCUT2D eigenvalue weighted by Crippen LogP contribution is 2.52. The second-order valence-electron chi connectivity index (χ2n) is 9.13. The summed E-state index contributed by atoms with van der Waals surface area (Å²) < 4.78 is 0. The van der Waals surface area contributed by atoms with Gasteiger partial charge >= 0.3 is 0 Å². The molecule has 8 heteroatoms. The van der Waals surface area contributed by atoms with E-state index in [0.717, 1.165) is 34.9 Å². The Morgan fingerprint density at radius 2 is 2.15 bits per heavy atom. The lowest BCUT2D eigenvalue weighted by Gasteiger charge is -2.21. The molecule has 166 valence electrons. The number of nitrogens with two attached hydrogens (primary N) is 1. The third kappa shape index (κ3) is 4.10. The molecular weight excluding hydrogens is 414 g/mol. The molecule has 3 aromatic heterocycles. The number of aryl methyl sites for hydroxylation is 1. The summed E-state index contributed by atoms with van der Waals surface area (Å²) in [5, 5.41) is 10.8. The van der Waals surface area contributed by atoms with E-state index in [-0.39, 0.29) is 17.2 Å². The van der Waals surface area contributed by atoms with Crippen LogP contribution in [0.15, 0.2) is 41.9 Å². The standard InChI is InChI=1S/C25H25N7O/c1-15-6-7-27-11-16(15)4-5-18-8-17-9-22(28-12-20(17)23(26)30-18)31-24(33)19-10-21(19)25(2)13-29-32(3)14-25/h6-9,11-13,19,21H,10,14H2,1-3H3,(H2,26,30)(H,28,31,33)/t19-,21-,25?/m0/s1. The summed E-state index contributed by atoms with van der Waals surface area (Å²) in [5.74, 6) is 7.26. The molecule has 2 aliphatic rings. The van der Waals surface area contributed by atoms with Gasteiger partial charge in [-0.05, 0) is 54.3 Å². The fraction of sp³-hybridized carbons (Fsp3) is 0.320. The molecule has 1 aliphatic heterocycles. The van der Waals surface area contributed by atoms with Crippen molar-refractivity contribution in [2.24, 2.45) is 22.4 Å². The highest BCUT2D eigenvalue weighted by molar-refractivity contribution is 5.98. The minimum absolute atomic E-state index is 0.00914. The van der Waals surface area contributed by atoms with Crippen LogP contribution < -0.4 is 11.1 Å². The highest BCUT2D eigenvalue weighted by Gasteiger charge is 2.54. The van der Waals surface area contributed by atoms with Crippen molar-refractivity contribution in [2.45, 2.75) is 20.3 Å². The molecular formula is C25H25N7O. The first-order valence-corrected chi connectivity index (χ1v) is 10.9. The van der Waals surface area contributed by atoms with Gasteiger partial charge in [-0.15, -0.1) is 0 Å². The Morgan fingerprint density at radius 3 is 2.91 bits per heavy atom. The van der Waals surface area contributed by atoms with Crippen molar-refractivity contribution < 1.29 is 4.79 Å². The maximum atomic E-state index is 12.9. The number of pyridine rings is 3. The highest BCUT2D eigenvalue weighted by atomic mass is 16.2. The van der Waals surface area contributed by atoms with Crippen molar-refractivity contribution in [3.8, 4) is 11.8 Å². The Hall–Kier alpha value is -3.99. The van der Waals surface area contributed by atoms with Crippen molar-refractivity contribution in [1.82, 2.24) is 20.0 Å². The average molecular weight is 440 g/mol. The van der Waals surface area contributed by atoms with Crippen LogP contribution in [0.2, 0.25) is 0 Å². The first-order chi connectivity index (χ1) is 15.8. The van der Waals surface area contributed by atoms with Crippen LogP contribution >= 0.6 is 0 Å². The number of carbonyl (C=O) groups excluding carboxylic acids is 1. The number of aromatic nitrogens is 3. The van der Waals surface area contributed by atoms with E-state index in [4.69, 9.17) is 5.73 Å². The topological polar surface area (TPSA) is 109 Å². The molecule has 33 heavy (non-hydrogen) atoms. The van der Waals surface area contributed by atoms with Crippen LogP contribution in [0.25, 0.3) is 10.8 Å². The number of amides is 1. The van der Waals surface area contributed by atoms with Gasteiger partial charge in [-0.3, -0.25) is 14.8 Å². The molecule has 3 aromatic rings. The zero-order valence-electron chi connectivity index (χ0n) is 18.8. The molecule has 8 nitrogen and oxygen atoms in total. The van der Waals surface area contributed by atoms with E-state index in [2.05, 4.69) is 44.1 Å². The molecule has 3 N–H and O–H groups in total. The van der Waals surface area contributed by atoms with Crippen molar-refractivity contribution in [3.05, 3.63) is 53.6 Å². The number of hydrazone groups is 1. The SMILES string of the molecule is Cc1ccncc1C#Cc1cc2cc(NC(=O)[C@H]3C[C@@H]3C3(C)C=NN(C)C3)ncc2c(N)n1. The normalized spacial score (nSPS) is 23.3. The Bertz CT molecular complexity index is 1360. The predicted octanol–water partition coefficient (Wildman–Crippen LogP) is 2.83. The Kier molecular flexibility index (Phi) is 4.97. The molecule has 1 saturated carbocycles. The maximum Gasteiger partial charge on any atom is 0.228 e. The van der Waals surface area contributed by atoms with Crippen molar-refractivity contribution in [3.63, 3.8) is 0 Å². The fourth-order valence-corrected chi connectivity index (χ4v) is 4.48. The molecule has 0 radical (unpaired) electrons. The molecule has 1 amide bonds. The van der Waals surface area contributed by atoms with Crippen LogP contribution in [0.5, 0.6) is 0 Å². The van der Waals surface area contributed by atoms with E-state index >= 15 is 0 Å². The lowest BCUT2D eigenvalue weighted by atomic mass is 9.85.